The number of rotatable bonds is 5. The van der Waals surface area contributed by atoms with E-state index in [1.165, 1.54) is 12.1 Å². The molecule has 4 aliphatic rings. The SMILES string of the molecule is O=C(N[C@H]1CN2CCC1CC2)c1ccc2c(c1)O[C@H](COc1cccc(F)c1)CO2. The Kier molecular flexibility index (Phi) is 5.21. The third-order valence-corrected chi connectivity index (χ3v) is 6.13. The number of piperidine rings is 3. The Morgan fingerprint density at radius 1 is 1.17 bits per heavy atom. The molecule has 7 heteroatoms. The first-order valence-corrected chi connectivity index (χ1v) is 10.5. The lowest BCUT2D eigenvalue weighted by Crippen LogP contribution is -2.57. The molecule has 2 atom stereocenters. The monoisotopic (exact) mass is 412 g/mol. The van der Waals surface area contributed by atoms with Crippen LogP contribution in [0.1, 0.15) is 23.2 Å². The van der Waals surface area contributed by atoms with E-state index < -0.39 is 0 Å². The molecular weight excluding hydrogens is 387 g/mol. The zero-order valence-corrected chi connectivity index (χ0v) is 16.7. The normalized spacial score (nSPS) is 26.8. The maximum absolute atomic E-state index is 13.3. The van der Waals surface area contributed by atoms with Crippen molar-refractivity contribution in [2.24, 2.45) is 5.92 Å². The Balaban J connectivity index is 1.21. The van der Waals surface area contributed by atoms with Crippen molar-refractivity contribution in [3.05, 3.63) is 53.8 Å². The molecule has 3 fully saturated rings. The summed E-state index contributed by atoms with van der Waals surface area (Å²) in [5, 5.41) is 3.20. The van der Waals surface area contributed by atoms with E-state index >= 15 is 0 Å². The van der Waals surface area contributed by atoms with Crippen LogP contribution in [0, 0.1) is 11.7 Å². The Morgan fingerprint density at radius 3 is 2.80 bits per heavy atom. The molecule has 2 bridgehead atoms. The van der Waals surface area contributed by atoms with Gasteiger partial charge in [-0.25, -0.2) is 4.39 Å². The van der Waals surface area contributed by atoms with Gasteiger partial charge < -0.3 is 24.4 Å². The lowest BCUT2D eigenvalue weighted by atomic mass is 9.84. The fourth-order valence-electron chi connectivity index (χ4n) is 4.47. The summed E-state index contributed by atoms with van der Waals surface area (Å²) >= 11 is 0. The molecule has 6 rings (SSSR count). The lowest BCUT2D eigenvalue weighted by molar-refractivity contribution is 0.0530. The van der Waals surface area contributed by atoms with Gasteiger partial charge in [0.2, 0.25) is 0 Å². The first kappa shape index (κ1) is 19.2. The fourth-order valence-corrected chi connectivity index (χ4v) is 4.47. The lowest BCUT2D eigenvalue weighted by Gasteiger charge is -2.44. The summed E-state index contributed by atoms with van der Waals surface area (Å²) in [5.41, 5.74) is 0.556. The van der Waals surface area contributed by atoms with Crippen LogP contribution < -0.4 is 19.5 Å². The van der Waals surface area contributed by atoms with Gasteiger partial charge >= 0.3 is 0 Å². The molecule has 4 aliphatic heterocycles. The third kappa shape index (κ3) is 4.07. The third-order valence-electron chi connectivity index (χ3n) is 6.13. The van der Waals surface area contributed by atoms with Crippen LogP contribution in [-0.4, -0.2) is 55.8 Å². The van der Waals surface area contributed by atoms with Gasteiger partial charge in [-0.1, -0.05) is 6.07 Å². The van der Waals surface area contributed by atoms with E-state index in [0.29, 0.717) is 35.3 Å². The molecule has 3 saturated heterocycles. The molecule has 1 amide bonds. The molecule has 0 spiro atoms. The summed E-state index contributed by atoms with van der Waals surface area (Å²) in [6.45, 7) is 3.76. The quantitative estimate of drug-likeness (QED) is 0.819. The predicted octanol–water partition coefficient (Wildman–Crippen LogP) is 2.87. The summed E-state index contributed by atoms with van der Waals surface area (Å²) in [6.07, 6.45) is 1.96. The highest BCUT2D eigenvalue weighted by molar-refractivity contribution is 5.95. The maximum atomic E-state index is 13.3. The standard InChI is InChI=1S/C23H25FN2O4/c24-17-2-1-3-18(11-17)28-13-19-14-29-21-5-4-16(10-22(21)30-19)23(27)25-20-12-26-8-6-15(20)7-9-26/h1-5,10-11,15,19-20H,6-9,12-14H2,(H,25,27)/t19-,20+/m1/s1. The van der Waals surface area contributed by atoms with E-state index in [1.807, 2.05) is 0 Å². The van der Waals surface area contributed by atoms with Gasteiger partial charge in [-0.05, 0) is 62.2 Å². The second-order valence-corrected chi connectivity index (χ2v) is 8.20. The van der Waals surface area contributed by atoms with Crippen molar-refractivity contribution in [2.45, 2.75) is 25.0 Å². The van der Waals surface area contributed by atoms with Gasteiger partial charge in [0.25, 0.3) is 5.91 Å². The van der Waals surface area contributed by atoms with Crippen LogP contribution in [0.15, 0.2) is 42.5 Å². The van der Waals surface area contributed by atoms with Crippen molar-refractivity contribution in [2.75, 3.05) is 32.8 Å². The van der Waals surface area contributed by atoms with E-state index in [9.17, 15) is 9.18 Å². The van der Waals surface area contributed by atoms with Crippen LogP contribution in [0.2, 0.25) is 0 Å². The largest absolute Gasteiger partial charge is 0.489 e. The fraction of sp³-hybridized carbons (Fsp3) is 0.435. The minimum absolute atomic E-state index is 0.0849. The Bertz CT molecular complexity index is 929. The van der Waals surface area contributed by atoms with E-state index in [2.05, 4.69) is 10.2 Å². The molecule has 2 aromatic carbocycles. The number of hydrogen-bond donors (Lipinski definition) is 1. The van der Waals surface area contributed by atoms with Gasteiger partial charge in [-0.15, -0.1) is 0 Å². The van der Waals surface area contributed by atoms with Crippen LogP contribution in [0.4, 0.5) is 4.39 Å². The molecule has 0 saturated carbocycles. The summed E-state index contributed by atoms with van der Waals surface area (Å²) in [5.74, 6) is 1.71. The minimum atomic E-state index is -0.350. The summed E-state index contributed by atoms with van der Waals surface area (Å²) in [4.78, 5) is 15.2. The number of nitrogens with one attached hydrogen (secondary N) is 1. The predicted molar refractivity (Wildman–Crippen MR) is 109 cm³/mol. The molecule has 0 aromatic heterocycles. The molecule has 0 aliphatic carbocycles. The van der Waals surface area contributed by atoms with Crippen LogP contribution in [0.25, 0.3) is 0 Å². The van der Waals surface area contributed by atoms with Gasteiger partial charge in [0.05, 0.1) is 0 Å². The van der Waals surface area contributed by atoms with E-state index in [-0.39, 0.29) is 30.5 Å². The van der Waals surface area contributed by atoms with Crippen molar-refractivity contribution in [1.29, 1.82) is 0 Å². The van der Waals surface area contributed by atoms with Gasteiger partial charge in [0.1, 0.15) is 24.8 Å². The second-order valence-electron chi connectivity index (χ2n) is 8.20. The number of hydrogen-bond acceptors (Lipinski definition) is 5. The molecular formula is C23H25FN2O4. The Morgan fingerprint density at radius 2 is 2.03 bits per heavy atom. The maximum Gasteiger partial charge on any atom is 0.251 e. The van der Waals surface area contributed by atoms with E-state index in [1.54, 1.807) is 30.3 Å². The second kappa shape index (κ2) is 8.14. The number of carbonyl (C=O) groups excluding carboxylic acids is 1. The Labute approximate surface area is 174 Å². The smallest absolute Gasteiger partial charge is 0.251 e. The van der Waals surface area contributed by atoms with Crippen LogP contribution >= 0.6 is 0 Å². The zero-order chi connectivity index (χ0) is 20.5. The average Bonchev–Trinajstić information content (AvgIpc) is 2.78. The summed E-state index contributed by atoms with van der Waals surface area (Å²) in [7, 11) is 0. The molecule has 1 N–H and O–H groups in total. The highest BCUT2D eigenvalue weighted by Crippen LogP contribution is 2.33. The molecule has 158 valence electrons. The van der Waals surface area contributed by atoms with Crippen LogP contribution in [0.3, 0.4) is 0 Å². The van der Waals surface area contributed by atoms with Gasteiger partial charge in [0.15, 0.2) is 17.6 Å². The van der Waals surface area contributed by atoms with Gasteiger partial charge in [-0.3, -0.25) is 4.79 Å². The molecule has 6 nitrogen and oxygen atoms in total. The number of carbonyl (C=O) groups is 1. The molecule has 2 aromatic rings. The van der Waals surface area contributed by atoms with Crippen molar-refractivity contribution in [3.8, 4) is 17.2 Å². The van der Waals surface area contributed by atoms with Crippen molar-refractivity contribution in [3.63, 3.8) is 0 Å². The molecule has 0 unspecified atom stereocenters. The van der Waals surface area contributed by atoms with Gasteiger partial charge in [-0.2, -0.15) is 0 Å². The van der Waals surface area contributed by atoms with Crippen molar-refractivity contribution in [1.82, 2.24) is 10.2 Å². The molecule has 0 radical (unpaired) electrons. The number of ether oxygens (including phenoxy) is 3. The number of benzene rings is 2. The average molecular weight is 412 g/mol. The summed E-state index contributed by atoms with van der Waals surface area (Å²) < 4.78 is 30.6. The first-order valence-electron chi connectivity index (χ1n) is 10.5. The van der Waals surface area contributed by atoms with Crippen molar-refractivity contribution < 1.29 is 23.4 Å². The van der Waals surface area contributed by atoms with Crippen LogP contribution in [-0.2, 0) is 0 Å². The minimum Gasteiger partial charge on any atom is -0.489 e. The van der Waals surface area contributed by atoms with E-state index in [0.717, 1.165) is 32.5 Å². The number of amides is 1. The summed E-state index contributed by atoms with van der Waals surface area (Å²) in [6, 6.07) is 11.4. The topological polar surface area (TPSA) is 60.0 Å². The number of fused-ring (bicyclic) bond motifs is 4. The number of nitrogens with zero attached hydrogens (tertiary/aromatic N) is 1. The first-order chi connectivity index (χ1) is 14.6. The highest BCUT2D eigenvalue weighted by atomic mass is 19.1. The van der Waals surface area contributed by atoms with Crippen LogP contribution in [0.5, 0.6) is 17.2 Å². The molecule has 4 heterocycles. The Hall–Kier alpha value is -2.80. The zero-order valence-electron chi connectivity index (χ0n) is 16.7. The van der Waals surface area contributed by atoms with Gasteiger partial charge in [0, 0.05) is 24.2 Å². The van der Waals surface area contributed by atoms with E-state index in [4.69, 9.17) is 14.2 Å². The molecule has 30 heavy (non-hydrogen) atoms. The highest BCUT2D eigenvalue weighted by Gasteiger charge is 2.35. The van der Waals surface area contributed by atoms with Crippen molar-refractivity contribution >= 4 is 5.91 Å². The number of halogens is 1.